The fourth-order valence-corrected chi connectivity index (χ4v) is 1.41. The van der Waals surface area contributed by atoms with Gasteiger partial charge >= 0.3 is 11.8 Å². The molecule has 6 nitrogen and oxygen atoms in total. The summed E-state index contributed by atoms with van der Waals surface area (Å²) in [7, 11) is 1.55. The Labute approximate surface area is 82.3 Å². The molecule has 2 amide bonds. The molecule has 0 spiro atoms. The fraction of sp³-hybridized carbons (Fsp3) is 0.750. The van der Waals surface area contributed by atoms with Crippen LogP contribution in [0, 0.1) is 0 Å². The molecule has 0 bridgehead atoms. The maximum absolute atomic E-state index is 11.2. The average Bonchev–Trinajstić information content (AvgIpc) is 2.68. The van der Waals surface area contributed by atoms with Crippen molar-refractivity contribution in [3.63, 3.8) is 0 Å². The highest BCUT2D eigenvalue weighted by molar-refractivity contribution is 6.34. The fourth-order valence-electron chi connectivity index (χ4n) is 1.41. The van der Waals surface area contributed by atoms with Crippen molar-refractivity contribution in [2.75, 3.05) is 20.2 Å². The van der Waals surface area contributed by atoms with Crippen LogP contribution in [0.3, 0.4) is 0 Å². The molecule has 80 valence electrons. The number of hydrogen-bond acceptors (Lipinski definition) is 4. The summed E-state index contributed by atoms with van der Waals surface area (Å²) in [6.45, 7) is 1.17. The number of nitrogens with zero attached hydrogens (tertiary/aromatic N) is 1. The van der Waals surface area contributed by atoms with Crippen molar-refractivity contribution < 1.29 is 14.3 Å². The predicted molar refractivity (Wildman–Crippen MR) is 48.9 cm³/mol. The Morgan fingerprint density at radius 3 is 2.86 bits per heavy atom. The molecule has 14 heavy (non-hydrogen) atoms. The van der Waals surface area contributed by atoms with Crippen LogP contribution in [0.5, 0.6) is 0 Å². The molecular formula is C8H15N3O3. The van der Waals surface area contributed by atoms with E-state index in [0.717, 1.165) is 19.4 Å². The van der Waals surface area contributed by atoms with Crippen LogP contribution >= 0.6 is 0 Å². The van der Waals surface area contributed by atoms with Gasteiger partial charge in [-0.25, -0.2) is 5.84 Å². The molecule has 0 radical (unpaired) electrons. The molecule has 1 fully saturated rings. The predicted octanol–water partition coefficient (Wildman–Crippen LogP) is -1.39. The van der Waals surface area contributed by atoms with Crippen molar-refractivity contribution >= 4 is 11.8 Å². The SMILES string of the molecule is CN(CC1CCCO1)C(=O)C(=O)NN. The maximum Gasteiger partial charge on any atom is 0.323 e. The van der Waals surface area contributed by atoms with E-state index in [9.17, 15) is 9.59 Å². The summed E-state index contributed by atoms with van der Waals surface area (Å²) in [5.41, 5.74) is 1.80. The molecule has 1 aliphatic heterocycles. The minimum Gasteiger partial charge on any atom is -0.376 e. The van der Waals surface area contributed by atoms with Gasteiger partial charge in [-0.2, -0.15) is 0 Å². The lowest BCUT2D eigenvalue weighted by molar-refractivity contribution is -0.145. The standard InChI is InChI=1S/C8H15N3O3/c1-11(8(13)7(12)10-9)5-6-3-2-4-14-6/h6H,2-5,9H2,1H3,(H,10,12). The van der Waals surface area contributed by atoms with Crippen LogP contribution in [0.4, 0.5) is 0 Å². The van der Waals surface area contributed by atoms with E-state index in [2.05, 4.69) is 0 Å². The van der Waals surface area contributed by atoms with Gasteiger partial charge in [0.2, 0.25) is 0 Å². The molecule has 1 heterocycles. The number of amides is 2. The summed E-state index contributed by atoms with van der Waals surface area (Å²) in [4.78, 5) is 23.4. The van der Waals surface area contributed by atoms with Gasteiger partial charge in [-0.15, -0.1) is 0 Å². The molecule has 1 rings (SSSR count). The number of ether oxygens (including phenoxy) is 1. The highest BCUT2D eigenvalue weighted by Crippen LogP contribution is 2.12. The van der Waals surface area contributed by atoms with Gasteiger partial charge in [-0.1, -0.05) is 0 Å². The van der Waals surface area contributed by atoms with E-state index in [-0.39, 0.29) is 6.10 Å². The quantitative estimate of drug-likeness (QED) is 0.249. The Bertz CT molecular complexity index is 226. The van der Waals surface area contributed by atoms with Gasteiger partial charge in [-0.05, 0) is 12.8 Å². The number of rotatable bonds is 2. The Balaban J connectivity index is 2.36. The summed E-state index contributed by atoms with van der Waals surface area (Å²) < 4.78 is 5.33. The highest BCUT2D eigenvalue weighted by Gasteiger charge is 2.23. The van der Waals surface area contributed by atoms with Crippen LogP contribution in [0.2, 0.25) is 0 Å². The van der Waals surface area contributed by atoms with Crippen LogP contribution in [-0.4, -0.2) is 43.0 Å². The van der Waals surface area contributed by atoms with Crippen molar-refractivity contribution in [2.24, 2.45) is 5.84 Å². The number of carbonyl (C=O) groups excluding carboxylic acids is 2. The van der Waals surface area contributed by atoms with Crippen molar-refractivity contribution in [2.45, 2.75) is 18.9 Å². The first-order valence-corrected chi connectivity index (χ1v) is 4.52. The molecular weight excluding hydrogens is 186 g/mol. The van der Waals surface area contributed by atoms with E-state index < -0.39 is 11.8 Å². The molecule has 1 aliphatic rings. The highest BCUT2D eigenvalue weighted by atomic mass is 16.5. The van der Waals surface area contributed by atoms with Gasteiger partial charge < -0.3 is 9.64 Å². The van der Waals surface area contributed by atoms with Gasteiger partial charge in [0.1, 0.15) is 0 Å². The van der Waals surface area contributed by atoms with Crippen LogP contribution in [-0.2, 0) is 14.3 Å². The second-order valence-electron chi connectivity index (χ2n) is 3.29. The van der Waals surface area contributed by atoms with E-state index in [0.29, 0.717) is 6.54 Å². The van der Waals surface area contributed by atoms with Crippen LogP contribution in [0.1, 0.15) is 12.8 Å². The Morgan fingerprint density at radius 1 is 1.64 bits per heavy atom. The first-order valence-electron chi connectivity index (χ1n) is 4.52. The summed E-state index contributed by atoms with van der Waals surface area (Å²) in [6.07, 6.45) is 1.99. The van der Waals surface area contributed by atoms with Crippen LogP contribution in [0.25, 0.3) is 0 Å². The molecule has 0 aromatic rings. The van der Waals surface area contributed by atoms with E-state index in [4.69, 9.17) is 10.6 Å². The number of likely N-dealkylation sites (N-methyl/N-ethyl adjacent to an activating group) is 1. The molecule has 0 aromatic heterocycles. The van der Waals surface area contributed by atoms with E-state index in [1.165, 1.54) is 4.90 Å². The lowest BCUT2D eigenvalue weighted by Crippen LogP contribution is -2.46. The molecule has 0 saturated carbocycles. The first-order chi connectivity index (χ1) is 6.65. The molecule has 0 aliphatic carbocycles. The second-order valence-corrected chi connectivity index (χ2v) is 3.29. The molecule has 1 unspecified atom stereocenters. The topological polar surface area (TPSA) is 84.7 Å². The monoisotopic (exact) mass is 201 g/mol. The van der Waals surface area contributed by atoms with Gasteiger partial charge in [0, 0.05) is 20.2 Å². The van der Waals surface area contributed by atoms with Gasteiger partial charge in [0.15, 0.2) is 0 Å². The van der Waals surface area contributed by atoms with E-state index >= 15 is 0 Å². The molecule has 3 N–H and O–H groups in total. The summed E-state index contributed by atoms with van der Waals surface area (Å²) in [5, 5.41) is 0. The lowest BCUT2D eigenvalue weighted by Gasteiger charge is -2.19. The number of carbonyl (C=O) groups is 2. The minimum absolute atomic E-state index is 0.0505. The number of hydrazine groups is 1. The van der Waals surface area contributed by atoms with Gasteiger partial charge in [-0.3, -0.25) is 15.0 Å². The van der Waals surface area contributed by atoms with Crippen molar-refractivity contribution in [3.8, 4) is 0 Å². The number of nitrogens with one attached hydrogen (secondary N) is 1. The average molecular weight is 201 g/mol. The van der Waals surface area contributed by atoms with Gasteiger partial charge in [0.05, 0.1) is 6.10 Å². The number of hydrogen-bond donors (Lipinski definition) is 2. The first kappa shape index (κ1) is 10.9. The Hall–Kier alpha value is -1.14. The summed E-state index contributed by atoms with van der Waals surface area (Å²) in [5.74, 6) is 3.40. The van der Waals surface area contributed by atoms with E-state index in [1.807, 2.05) is 0 Å². The van der Waals surface area contributed by atoms with Crippen molar-refractivity contribution in [3.05, 3.63) is 0 Å². The van der Waals surface area contributed by atoms with Crippen LogP contribution < -0.4 is 11.3 Å². The third-order valence-corrected chi connectivity index (χ3v) is 2.17. The van der Waals surface area contributed by atoms with E-state index in [1.54, 1.807) is 12.5 Å². The molecule has 6 heteroatoms. The summed E-state index contributed by atoms with van der Waals surface area (Å²) in [6, 6.07) is 0. The molecule has 0 aromatic carbocycles. The Morgan fingerprint density at radius 2 is 2.36 bits per heavy atom. The number of nitrogens with two attached hydrogens (primary N) is 1. The lowest BCUT2D eigenvalue weighted by atomic mass is 10.2. The third kappa shape index (κ3) is 2.68. The van der Waals surface area contributed by atoms with Crippen molar-refractivity contribution in [1.29, 1.82) is 0 Å². The normalized spacial score (nSPS) is 20.6. The largest absolute Gasteiger partial charge is 0.376 e. The summed E-state index contributed by atoms with van der Waals surface area (Å²) >= 11 is 0. The third-order valence-electron chi connectivity index (χ3n) is 2.17. The minimum atomic E-state index is -0.800. The Kier molecular flexibility index (Phi) is 3.84. The zero-order valence-corrected chi connectivity index (χ0v) is 8.16. The zero-order valence-electron chi connectivity index (χ0n) is 8.16. The van der Waals surface area contributed by atoms with Crippen molar-refractivity contribution in [1.82, 2.24) is 10.3 Å². The second kappa shape index (κ2) is 4.92. The van der Waals surface area contributed by atoms with Crippen LogP contribution in [0.15, 0.2) is 0 Å². The maximum atomic E-state index is 11.2. The molecule has 1 saturated heterocycles. The zero-order chi connectivity index (χ0) is 10.6. The van der Waals surface area contributed by atoms with Gasteiger partial charge in [0.25, 0.3) is 0 Å². The smallest absolute Gasteiger partial charge is 0.323 e. The molecule has 1 atom stereocenters.